The first-order valence-electron chi connectivity index (χ1n) is 9.68. The monoisotopic (exact) mass is 346 g/mol. The van der Waals surface area contributed by atoms with E-state index < -0.39 is 0 Å². The van der Waals surface area contributed by atoms with Crippen LogP contribution in [0, 0.1) is 0 Å². The molecule has 6 heteroatoms. The molecule has 0 N–H and O–H groups in total. The lowest BCUT2D eigenvalue weighted by Crippen LogP contribution is -2.46. The molecule has 0 bridgehead atoms. The molecule has 0 spiro atoms. The summed E-state index contributed by atoms with van der Waals surface area (Å²) in [5.41, 5.74) is 2.77. The van der Waals surface area contributed by atoms with E-state index in [0.29, 0.717) is 11.7 Å². The molecule has 0 radical (unpaired) electrons. The number of aromatic nitrogens is 2. The number of fused-ring (bicyclic) bond motifs is 1. The third-order valence-corrected chi connectivity index (χ3v) is 6.14. The lowest BCUT2D eigenvalue weighted by Gasteiger charge is -2.36. The number of ether oxygens (including phenoxy) is 1. The summed E-state index contributed by atoms with van der Waals surface area (Å²) in [6.07, 6.45) is 5.75. The molecule has 2 fully saturated rings. The fourth-order valence-corrected chi connectivity index (χ4v) is 4.62. The third kappa shape index (κ3) is 3.10. The van der Waals surface area contributed by atoms with Gasteiger partial charge in [0.2, 0.25) is 0 Å². The summed E-state index contributed by atoms with van der Waals surface area (Å²) >= 11 is 0. The zero-order chi connectivity index (χ0) is 17.7. The molecule has 1 aromatic rings. The molecule has 0 aromatic carbocycles. The Kier molecular flexibility index (Phi) is 4.36. The van der Waals surface area contributed by atoms with E-state index in [9.17, 15) is 4.79 Å². The Morgan fingerprint density at radius 3 is 2.52 bits per heavy atom. The number of rotatable bonds is 3. The number of nitrogens with zero attached hydrogens (tertiary/aromatic N) is 4. The lowest BCUT2D eigenvalue weighted by atomic mass is 9.98. The number of piperidine rings is 1. The van der Waals surface area contributed by atoms with Crippen molar-refractivity contribution < 1.29 is 9.53 Å². The molecule has 1 aromatic heterocycles. The van der Waals surface area contributed by atoms with Crippen molar-refractivity contribution >= 4 is 5.91 Å². The number of carbonyl (C=O) groups is 1. The molecule has 0 unspecified atom stereocenters. The van der Waals surface area contributed by atoms with Gasteiger partial charge in [0.15, 0.2) is 5.69 Å². The van der Waals surface area contributed by atoms with Crippen molar-refractivity contribution in [1.29, 1.82) is 0 Å². The van der Waals surface area contributed by atoms with Crippen LogP contribution in [-0.2, 0) is 18.2 Å². The van der Waals surface area contributed by atoms with E-state index in [1.54, 1.807) is 0 Å². The summed E-state index contributed by atoms with van der Waals surface area (Å²) in [7, 11) is 3.87. The lowest BCUT2D eigenvalue weighted by molar-refractivity contribution is -0.00908. The predicted molar refractivity (Wildman–Crippen MR) is 95.6 cm³/mol. The Balaban J connectivity index is 1.50. The van der Waals surface area contributed by atoms with Crippen molar-refractivity contribution in [3.63, 3.8) is 0 Å². The van der Waals surface area contributed by atoms with Gasteiger partial charge in [-0.15, -0.1) is 0 Å². The SMILES string of the molecule is C[C@@H]1Cc2c(C(=O)N(C)C3CCN(C4CC4)CC3)nn(C)c2[C@H](C)O1. The molecular formula is C19H30N4O2. The number of carbonyl (C=O) groups excluding carboxylic acids is 1. The number of hydrogen-bond acceptors (Lipinski definition) is 4. The summed E-state index contributed by atoms with van der Waals surface area (Å²) in [5, 5.41) is 4.58. The van der Waals surface area contributed by atoms with E-state index in [-0.39, 0.29) is 18.1 Å². The topological polar surface area (TPSA) is 50.6 Å². The minimum Gasteiger partial charge on any atom is -0.369 e. The van der Waals surface area contributed by atoms with Crippen LogP contribution in [-0.4, -0.2) is 63.8 Å². The van der Waals surface area contributed by atoms with Crippen LogP contribution in [0.3, 0.4) is 0 Å². The van der Waals surface area contributed by atoms with Gasteiger partial charge < -0.3 is 14.5 Å². The Hall–Kier alpha value is -1.40. The second-order valence-electron chi connectivity index (χ2n) is 8.04. The zero-order valence-corrected chi connectivity index (χ0v) is 15.9. The Morgan fingerprint density at radius 2 is 1.88 bits per heavy atom. The van der Waals surface area contributed by atoms with Gasteiger partial charge in [-0.25, -0.2) is 0 Å². The van der Waals surface area contributed by atoms with Gasteiger partial charge in [0.1, 0.15) is 0 Å². The van der Waals surface area contributed by atoms with Gasteiger partial charge in [0.25, 0.3) is 5.91 Å². The van der Waals surface area contributed by atoms with E-state index >= 15 is 0 Å². The van der Waals surface area contributed by atoms with Crippen molar-refractivity contribution in [2.45, 2.75) is 70.2 Å². The fraction of sp³-hybridized carbons (Fsp3) is 0.789. The Bertz CT molecular complexity index is 659. The van der Waals surface area contributed by atoms with Crippen LogP contribution in [0.5, 0.6) is 0 Å². The van der Waals surface area contributed by atoms with E-state index in [1.165, 1.54) is 12.8 Å². The molecule has 1 aliphatic carbocycles. The molecule has 1 saturated carbocycles. The Morgan fingerprint density at radius 1 is 1.20 bits per heavy atom. The van der Waals surface area contributed by atoms with Crippen molar-refractivity contribution in [2.24, 2.45) is 7.05 Å². The molecule has 4 rings (SSSR count). The number of aryl methyl sites for hydroxylation is 1. The standard InChI is InChI=1S/C19H30N4O2/c1-12-11-16-17(20-22(4)18(16)13(2)25-12)19(24)21(3)14-7-9-23(10-8-14)15-5-6-15/h12-15H,5-11H2,1-4H3/t12-,13+/m1/s1. The van der Waals surface area contributed by atoms with Crippen molar-refractivity contribution in [3.8, 4) is 0 Å². The van der Waals surface area contributed by atoms with Crippen molar-refractivity contribution in [1.82, 2.24) is 19.6 Å². The number of amides is 1. The maximum Gasteiger partial charge on any atom is 0.274 e. The van der Waals surface area contributed by atoms with Crippen molar-refractivity contribution in [3.05, 3.63) is 17.0 Å². The van der Waals surface area contributed by atoms with Gasteiger partial charge in [-0.2, -0.15) is 5.10 Å². The average Bonchev–Trinajstić information content (AvgIpc) is 3.38. The highest BCUT2D eigenvalue weighted by Crippen LogP contribution is 2.33. The Labute approximate surface area is 150 Å². The van der Waals surface area contributed by atoms with Gasteiger partial charge >= 0.3 is 0 Å². The summed E-state index contributed by atoms with van der Waals surface area (Å²) in [6.45, 7) is 6.35. The predicted octanol–water partition coefficient (Wildman–Crippen LogP) is 2.14. The van der Waals surface area contributed by atoms with E-state index in [0.717, 1.165) is 49.7 Å². The van der Waals surface area contributed by atoms with Gasteiger partial charge in [-0.1, -0.05) is 0 Å². The van der Waals surface area contributed by atoms with Crippen molar-refractivity contribution in [2.75, 3.05) is 20.1 Å². The molecule has 2 atom stereocenters. The maximum absolute atomic E-state index is 13.2. The van der Waals surface area contributed by atoms with Gasteiger partial charge in [0.05, 0.1) is 17.9 Å². The first-order chi connectivity index (χ1) is 12.0. The van der Waals surface area contributed by atoms with Crippen LogP contribution in [0.25, 0.3) is 0 Å². The third-order valence-electron chi connectivity index (χ3n) is 6.14. The second kappa shape index (κ2) is 6.40. The van der Waals surface area contributed by atoms with Gasteiger partial charge in [-0.05, 0) is 39.5 Å². The van der Waals surface area contributed by atoms with Gasteiger partial charge in [0, 0.05) is 51.3 Å². The minimum atomic E-state index is -0.00936. The average molecular weight is 346 g/mol. The molecular weight excluding hydrogens is 316 g/mol. The van der Waals surface area contributed by atoms with Crippen LogP contribution < -0.4 is 0 Å². The highest BCUT2D eigenvalue weighted by atomic mass is 16.5. The summed E-state index contributed by atoms with van der Waals surface area (Å²) in [6, 6.07) is 1.16. The zero-order valence-electron chi connectivity index (χ0n) is 15.9. The van der Waals surface area contributed by atoms with Crippen LogP contribution >= 0.6 is 0 Å². The molecule has 1 amide bonds. The molecule has 138 valence electrons. The summed E-state index contributed by atoms with van der Waals surface area (Å²) in [4.78, 5) is 17.7. The van der Waals surface area contributed by atoms with Gasteiger partial charge in [-0.3, -0.25) is 9.48 Å². The molecule has 25 heavy (non-hydrogen) atoms. The van der Waals surface area contributed by atoms with Crippen LogP contribution in [0.4, 0.5) is 0 Å². The van der Waals surface area contributed by atoms with Crippen LogP contribution in [0.1, 0.15) is 67.4 Å². The molecule has 3 aliphatic rings. The number of hydrogen-bond donors (Lipinski definition) is 0. The molecule has 2 aliphatic heterocycles. The minimum absolute atomic E-state index is 0.00936. The smallest absolute Gasteiger partial charge is 0.274 e. The molecule has 6 nitrogen and oxygen atoms in total. The van der Waals surface area contributed by atoms with E-state index in [1.807, 2.05) is 30.6 Å². The highest BCUT2D eigenvalue weighted by Gasteiger charge is 2.36. The normalized spacial score (nSPS) is 28.0. The van der Waals surface area contributed by atoms with Crippen LogP contribution in [0.2, 0.25) is 0 Å². The maximum atomic E-state index is 13.2. The first-order valence-corrected chi connectivity index (χ1v) is 9.68. The summed E-state index contributed by atoms with van der Waals surface area (Å²) in [5.74, 6) is 0.0722. The second-order valence-corrected chi connectivity index (χ2v) is 8.04. The first kappa shape index (κ1) is 17.0. The largest absolute Gasteiger partial charge is 0.369 e. The quantitative estimate of drug-likeness (QED) is 0.841. The molecule has 3 heterocycles. The number of likely N-dealkylation sites (tertiary alicyclic amines) is 1. The van der Waals surface area contributed by atoms with Crippen LogP contribution in [0.15, 0.2) is 0 Å². The van der Waals surface area contributed by atoms with E-state index in [4.69, 9.17) is 4.74 Å². The van der Waals surface area contributed by atoms with E-state index in [2.05, 4.69) is 16.9 Å². The highest BCUT2D eigenvalue weighted by molar-refractivity contribution is 5.94. The summed E-state index contributed by atoms with van der Waals surface area (Å²) < 4.78 is 7.75. The fourth-order valence-electron chi connectivity index (χ4n) is 4.62. The molecule has 1 saturated heterocycles.